The Morgan fingerprint density at radius 3 is 2.04 bits per heavy atom. The van der Waals surface area contributed by atoms with Crippen LogP contribution in [0.3, 0.4) is 0 Å². The Morgan fingerprint density at radius 2 is 1.57 bits per heavy atom. The lowest BCUT2D eigenvalue weighted by Crippen LogP contribution is -2.20. The van der Waals surface area contributed by atoms with Crippen LogP contribution in [0.25, 0.3) is 6.08 Å². The van der Waals surface area contributed by atoms with Crippen LogP contribution in [-0.4, -0.2) is 16.3 Å². The molecule has 1 unspecified atom stereocenters. The molecule has 0 radical (unpaired) electrons. The van der Waals surface area contributed by atoms with Gasteiger partial charge >= 0.3 is 0 Å². The standard InChI is InChI=1S/C17H20O2.2C2H6/c1-12(2)17-15(18)10-14(11-16(17)19)9-8-13-6-4-3-5-7-13;2*1-2/h3-10,12,16,18-19H,11H2,1-2H3;2*1-2H3/b9-8+;;. The Bertz CT molecular complexity index is 522. The molecule has 0 aliphatic heterocycles. The summed E-state index contributed by atoms with van der Waals surface area (Å²) in [5.74, 6) is 0.368. The summed E-state index contributed by atoms with van der Waals surface area (Å²) in [5.41, 5.74) is 2.78. The van der Waals surface area contributed by atoms with Gasteiger partial charge in [0.15, 0.2) is 0 Å². The van der Waals surface area contributed by atoms with Gasteiger partial charge in [0.2, 0.25) is 0 Å². The predicted octanol–water partition coefficient (Wildman–Crippen LogP) is 5.91. The van der Waals surface area contributed by atoms with E-state index < -0.39 is 6.10 Å². The molecule has 0 saturated heterocycles. The van der Waals surface area contributed by atoms with Gasteiger partial charge in [-0.05, 0) is 23.1 Å². The molecule has 2 heteroatoms. The average molecular weight is 316 g/mol. The second-order valence-electron chi connectivity index (χ2n) is 5.18. The van der Waals surface area contributed by atoms with E-state index in [1.54, 1.807) is 6.08 Å². The lowest BCUT2D eigenvalue weighted by molar-refractivity contribution is 0.189. The molecule has 1 aromatic carbocycles. The number of benzene rings is 1. The smallest absolute Gasteiger partial charge is 0.117 e. The van der Waals surface area contributed by atoms with E-state index in [2.05, 4.69) is 0 Å². The van der Waals surface area contributed by atoms with Crippen molar-refractivity contribution < 1.29 is 10.2 Å². The minimum absolute atomic E-state index is 0.158. The minimum atomic E-state index is -0.583. The second kappa shape index (κ2) is 11.7. The highest BCUT2D eigenvalue weighted by atomic mass is 16.3. The van der Waals surface area contributed by atoms with Gasteiger partial charge in [0.25, 0.3) is 0 Å². The van der Waals surface area contributed by atoms with Gasteiger partial charge in [-0.2, -0.15) is 0 Å². The van der Waals surface area contributed by atoms with Crippen LogP contribution < -0.4 is 0 Å². The molecule has 0 heterocycles. The van der Waals surface area contributed by atoms with Crippen molar-refractivity contribution in [3.63, 3.8) is 0 Å². The Morgan fingerprint density at radius 1 is 1.00 bits per heavy atom. The number of rotatable bonds is 3. The fourth-order valence-corrected chi connectivity index (χ4v) is 2.39. The first-order chi connectivity index (χ1) is 11.1. The maximum Gasteiger partial charge on any atom is 0.117 e. The summed E-state index contributed by atoms with van der Waals surface area (Å²) in [4.78, 5) is 0. The summed E-state index contributed by atoms with van der Waals surface area (Å²) < 4.78 is 0. The average Bonchev–Trinajstić information content (AvgIpc) is 2.57. The van der Waals surface area contributed by atoms with Crippen LogP contribution in [0.4, 0.5) is 0 Å². The van der Waals surface area contributed by atoms with E-state index in [1.807, 2.05) is 84.0 Å². The minimum Gasteiger partial charge on any atom is -0.508 e. The summed E-state index contributed by atoms with van der Waals surface area (Å²) in [7, 11) is 0. The SMILES string of the molecule is CC.CC.CC(C)C1=C(O)C=C(/C=C/c2ccccc2)CC1O. The third-order valence-electron chi connectivity index (χ3n) is 3.32. The molecule has 1 aliphatic carbocycles. The quantitative estimate of drug-likeness (QED) is 0.727. The van der Waals surface area contributed by atoms with Crippen molar-refractivity contribution in [1.82, 2.24) is 0 Å². The van der Waals surface area contributed by atoms with Gasteiger partial charge in [-0.25, -0.2) is 0 Å². The molecule has 0 amide bonds. The summed E-state index contributed by atoms with van der Waals surface area (Å²) in [6, 6.07) is 9.98. The predicted molar refractivity (Wildman–Crippen MR) is 101 cm³/mol. The normalized spacial score (nSPS) is 17.2. The zero-order valence-corrected chi connectivity index (χ0v) is 15.4. The molecule has 0 spiro atoms. The van der Waals surface area contributed by atoms with Crippen LogP contribution in [0.5, 0.6) is 0 Å². The molecule has 0 bridgehead atoms. The summed E-state index contributed by atoms with van der Waals surface area (Å²) in [6.45, 7) is 12.0. The largest absolute Gasteiger partial charge is 0.508 e. The topological polar surface area (TPSA) is 40.5 Å². The van der Waals surface area contributed by atoms with Crippen molar-refractivity contribution in [2.75, 3.05) is 0 Å². The molecule has 1 aliphatic rings. The molecule has 1 aromatic rings. The summed E-state index contributed by atoms with van der Waals surface area (Å²) in [6.07, 6.45) is 5.67. The van der Waals surface area contributed by atoms with Crippen molar-refractivity contribution in [2.45, 2.75) is 54.1 Å². The number of hydrogen-bond acceptors (Lipinski definition) is 2. The molecule has 2 nitrogen and oxygen atoms in total. The Hall–Kier alpha value is -1.80. The maximum absolute atomic E-state index is 10.1. The van der Waals surface area contributed by atoms with Gasteiger partial charge in [0.05, 0.1) is 6.10 Å². The first-order valence-electron chi connectivity index (χ1n) is 8.62. The number of allylic oxidation sites excluding steroid dienone is 2. The molecule has 128 valence electrons. The van der Waals surface area contributed by atoms with Gasteiger partial charge in [-0.1, -0.05) is 84.0 Å². The lowest BCUT2D eigenvalue weighted by Gasteiger charge is -2.23. The fourth-order valence-electron chi connectivity index (χ4n) is 2.39. The first-order valence-corrected chi connectivity index (χ1v) is 8.62. The zero-order chi connectivity index (χ0) is 17.8. The number of aliphatic hydroxyl groups is 2. The van der Waals surface area contributed by atoms with Gasteiger partial charge in [0, 0.05) is 12.0 Å². The van der Waals surface area contributed by atoms with E-state index in [0.29, 0.717) is 6.42 Å². The van der Waals surface area contributed by atoms with Crippen molar-refractivity contribution in [2.24, 2.45) is 5.92 Å². The van der Waals surface area contributed by atoms with Crippen molar-refractivity contribution in [3.05, 3.63) is 65.0 Å². The zero-order valence-electron chi connectivity index (χ0n) is 15.4. The molecule has 23 heavy (non-hydrogen) atoms. The molecular formula is C21H32O2. The summed E-state index contributed by atoms with van der Waals surface area (Å²) >= 11 is 0. The monoisotopic (exact) mass is 316 g/mol. The molecule has 0 saturated carbocycles. The Balaban J connectivity index is 0.00000112. The highest BCUT2D eigenvalue weighted by molar-refractivity contribution is 5.54. The van der Waals surface area contributed by atoms with E-state index in [-0.39, 0.29) is 11.7 Å². The molecular weight excluding hydrogens is 284 g/mol. The van der Waals surface area contributed by atoms with Crippen LogP contribution in [0.15, 0.2) is 59.4 Å². The van der Waals surface area contributed by atoms with Crippen molar-refractivity contribution in [1.29, 1.82) is 0 Å². The van der Waals surface area contributed by atoms with Crippen LogP contribution in [-0.2, 0) is 0 Å². The van der Waals surface area contributed by atoms with Crippen LogP contribution in [0, 0.1) is 5.92 Å². The van der Waals surface area contributed by atoms with Gasteiger partial charge in [-0.15, -0.1) is 0 Å². The van der Waals surface area contributed by atoms with E-state index in [4.69, 9.17) is 0 Å². The van der Waals surface area contributed by atoms with Crippen LogP contribution in [0.1, 0.15) is 53.5 Å². The summed E-state index contributed by atoms with van der Waals surface area (Å²) in [5, 5.41) is 20.1. The van der Waals surface area contributed by atoms with Gasteiger partial charge < -0.3 is 10.2 Å². The van der Waals surface area contributed by atoms with E-state index >= 15 is 0 Å². The van der Waals surface area contributed by atoms with Crippen LogP contribution >= 0.6 is 0 Å². The van der Waals surface area contributed by atoms with Crippen molar-refractivity contribution in [3.8, 4) is 0 Å². The van der Waals surface area contributed by atoms with E-state index in [0.717, 1.165) is 16.7 Å². The highest BCUT2D eigenvalue weighted by Crippen LogP contribution is 2.29. The van der Waals surface area contributed by atoms with Crippen molar-refractivity contribution >= 4 is 6.08 Å². The fraction of sp³-hybridized carbons (Fsp3) is 0.429. The molecule has 0 fully saturated rings. The van der Waals surface area contributed by atoms with E-state index in [9.17, 15) is 10.2 Å². The first kappa shape index (κ1) is 21.2. The lowest BCUT2D eigenvalue weighted by atomic mass is 9.87. The molecule has 2 N–H and O–H groups in total. The highest BCUT2D eigenvalue weighted by Gasteiger charge is 2.23. The van der Waals surface area contributed by atoms with Gasteiger partial charge in [-0.3, -0.25) is 0 Å². The third-order valence-corrected chi connectivity index (χ3v) is 3.32. The second-order valence-corrected chi connectivity index (χ2v) is 5.18. The number of hydrogen-bond donors (Lipinski definition) is 2. The Labute approximate surface area is 141 Å². The molecule has 1 atom stereocenters. The third kappa shape index (κ3) is 6.87. The van der Waals surface area contributed by atoms with Gasteiger partial charge in [0.1, 0.15) is 5.76 Å². The molecule has 0 aromatic heterocycles. The Kier molecular flexibility index (Phi) is 10.8. The molecule has 2 rings (SSSR count). The van der Waals surface area contributed by atoms with Crippen LogP contribution in [0.2, 0.25) is 0 Å². The van der Waals surface area contributed by atoms with E-state index in [1.165, 1.54) is 0 Å². The maximum atomic E-state index is 10.1. The number of aliphatic hydroxyl groups excluding tert-OH is 2.